The molecule has 1 aromatic heterocycles. The number of ketones is 1. The average molecular weight is 455 g/mol. The molecule has 3 aromatic rings. The van der Waals surface area contributed by atoms with Gasteiger partial charge in [-0.1, -0.05) is 31.7 Å². The number of Topliss-reactive ketones (excluding diaryl/α,β-unsaturated/α-hetero) is 1. The molecule has 1 saturated carbocycles. The number of phenolic OH excluding ortho intramolecular Hbond substituents is 1. The predicted molar refractivity (Wildman–Crippen MR) is 123 cm³/mol. The number of aromatic nitrogens is 2. The van der Waals surface area contributed by atoms with Gasteiger partial charge in [0.25, 0.3) is 0 Å². The van der Waals surface area contributed by atoms with E-state index in [1.807, 2.05) is 6.26 Å². The maximum Gasteiger partial charge on any atom is 0.336 e. The van der Waals surface area contributed by atoms with Crippen molar-refractivity contribution in [2.24, 2.45) is 5.92 Å². The Bertz CT molecular complexity index is 1180. The van der Waals surface area contributed by atoms with E-state index in [1.54, 1.807) is 30.3 Å². The number of benzene rings is 2. The fraction of sp³-hybridized carbons (Fsp3) is 0.304. The minimum atomic E-state index is -1.14. The molecule has 0 saturated heterocycles. The van der Waals surface area contributed by atoms with Gasteiger partial charge in [-0.3, -0.25) is 4.79 Å². The lowest BCUT2D eigenvalue weighted by atomic mass is 9.86. The van der Waals surface area contributed by atoms with Crippen LogP contribution >= 0.6 is 23.5 Å². The van der Waals surface area contributed by atoms with Gasteiger partial charge in [0.15, 0.2) is 5.78 Å². The zero-order valence-electron chi connectivity index (χ0n) is 17.0. The standard InChI is InChI=1S/C23H22N2O4S2/c1-30-20-9-7-15(12-19(20)26)22(27)16(10-13-4-2-3-5-13)21(23(28)29)14-6-8-17-18(11-14)25-31-24-17/h6-9,11-13,26H,2-5,10H2,1H3,(H,28,29). The number of hydrogen-bond acceptors (Lipinski definition) is 7. The van der Waals surface area contributed by atoms with E-state index in [0.717, 1.165) is 37.4 Å². The molecule has 0 unspecified atom stereocenters. The van der Waals surface area contributed by atoms with Crippen molar-refractivity contribution in [3.63, 3.8) is 0 Å². The van der Waals surface area contributed by atoms with Crippen molar-refractivity contribution in [3.8, 4) is 5.75 Å². The molecule has 31 heavy (non-hydrogen) atoms. The Morgan fingerprint density at radius 2 is 1.77 bits per heavy atom. The van der Waals surface area contributed by atoms with Gasteiger partial charge in [0, 0.05) is 16.0 Å². The summed E-state index contributed by atoms with van der Waals surface area (Å²) in [7, 11) is 0. The Hall–Kier alpha value is -2.71. The Morgan fingerprint density at radius 3 is 2.45 bits per heavy atom. The summed E-state index contributed by atoms with van der Waals surface area (Å²) in [5.41, 5.74) is 2.31. The molecule has 1 aliphatic carbocycles. The molecule has 160 valence electrons. The molecule has 0 spiro atoms. The number of aliphatic carboxylic acids is 1. The molecular weight excluding hydrogens is 432 g/mol. The fourth-order valence-electron chi connectivity index (χ4n) is 4.18. The van der Waals surface area contributed by atoms with E-state index >= 15 is 0 Å². The Morgan fingerprint density at radius 1 is 1.06 bits per heavy atom. The van der Waals surface area contributed by atoms with E-state index in [-0.39, 0.29) is 28.6 Å². The molecule has 0 amide bonds. The van der Waals surface area contributed by atoms with E-state index in [2.05, 4.69) is 8.75 Å². The van der Waals surface area contributed by atoms with Crippen LogP contribution in [0.25, 0.3) is 16.6 Å². The van der Waals surface area contributed by atoms with Crippen LogP contribution in [-0.4, -0.2) is 37.0 Å². The minimum absolute atomic E-state index is 0.000216. The van der Waals surface area contributed by atoms with Crippen LogP contribution in [0.3, 0.4) is 0 Å². The molecule has 1 heterocycles. The Balaban J connectivity index is 1.85. The minimum Gasteiger partial charge on any atom is -0.507 e. The second kappa shape index (κ2) is 9.20. The zero-order valence-corrected chi connectivity index (χ0v) is 18.6. The highest BCUT2D eigenvalue weighted by molar-refractivity contribution is 7.98. The third-order valence-electron chi connectivity index (χ3n) is 5.74. The van der Waals surface area contributed by atoms with Crippen LogP contribution in [0.2, 0.25) is 0 Å². The predicted octanol–water partition coefficient (Wildman–Crippen LogP) is 5.42. The highest BCUT2D eigenvalue weighted by Crippen LogP contribution is 2.36. The van der Waals surface area contributed by atoms with Gasteiger partial charge in [0.05, 0.1) is 17.3 Å². The van der Waals surface area contributed by atoms with Crippen molar-refractivity contribution < 1.29 is 19.8 Å². The van der Waals surface area contributed by atoms with Crippen LogP contribution in [0.15, 0.2) is 46.9 Å². The van der Waals surface area contributed by atoms with Crippen LogP contribution in [0.5, 0.6) is 5.75 Å². The monoisotopic (exact) mass is 454 g/mol. The number of carboxylic acid groups (broad SMARTS) is 1. The van der Waals surface area contributed by atoms with Crippen LogP contribution in [0.1, 0.15) is 48.0 Å². The first-order valence-electron chi connectivity index (χ1n) is 10.1. The quantitative estimate of drug-likeness (QED) is 0.279. The third kappa shape index (κ3) is 4.50. The van der Waals surface area contributed by atoms with Crippen molar-refractivity contribution in [2.45, 2.75) is 37.0 Å². The van der Waals surface area contributed by atoms with Gasteiger partial charge in [-0.2, -0.15) is 8.75 Å². The summed E-state index contributed by atoms with van der Waals surface area (Å²) in [5, 5.41) is 20.4. The lowest BCUT2D eigenvalue weighted by Crippen LogP contribution is -2.14. The van der Waals surface area contributed by atoms with E-state index < -0.39 is 5.97 Å². The summed E-state index contributed by atoms with van der Waals surface area (Å²) in [6.07, 6.45) is 6.39. The lowest BCUT2D eigenvalue weighted by Gasteiger charge is -2.16. The number of fused-ring (bicyclic) bond motifs is 1. The summed E-state index contributed by atoms with van der Waals surface area (Å²) in [5.74, 6) is -1.21. The Labute approximate surface area is 188 Å². The molecule has 2 aromatic carbocycles. The second-order valence-electron chi connectivity index (χ2n) is 7.70. The summed E-state index contributed by atoms with van der Waals surface area (Å²) in [4.78, 5) is 26.6. The largest absolute Gasteiger partial charge is 0.507 e. The van der Waals surface area contributed by atoms with E-state index in [1.165, 1.54) is 17.8 Å². The van der Waals surface area contributed by atoms with Gasteiger partial charge in [-0.05, 0) is 54.5 Å². The molecule has 0 bridgehead atoms. The van der Waals surface area contributed by atoms with Gasteiger partial charge >= 0.3 is 5.97 Å². The SMILES string of the molecule is CSc1ccc(C(=O)C(CC2CCCC2)=C(C(=O)O)c2ccc3nsnc3c2)cc1O. The number of aromatic hydroxyl groups is 1. The number of phenols is 1. The molecule has 0 radical (unpaired) electrons. The summed E-state index contributed by atoms with van der Waals surface area (Å²) in [6.45, 7) is 0. The summed E-state index contributed by atoms with van der Waals surface area (Å²) in [6, 6.07) is 9.86. The summed E-state index contributed by atoms with van der Waals surface area (Å²) < 4.78 is 8.38. The van der Waals surface area contributed by atoms with Crippen molar-refractivity contribution in [1.29, 1.82) is 0 Å². The smallest absolute Gasteiger partial charge is 0.336 e. The van der Waals surface area contributed by atoms with Crippen molar-refractivity contribution >= 4 is 51.8 Å². The molecule has 0 atom stereocenters. The van der Waals surface area contributed by atoms with Gasteiger partial charge in [-0.15, -0.1) is 11.8 Å². The first kappa shape index (κ1) is 21.5. The Kier molecular flexibility index (Phi) is 6.38. The number of nitrogens with zero attached hydrogens (tertiary/aromatic N) is 2. The number of carbonyl (C=O) groups is 2. The first-order chi connectivity index (χ1) is 15.0. The van der Waals surface area contributed by atoms with Crippen LogP contribution in [-0.2, 0) is 4.79 Å². The molecule has 1 aliphatic rings. The van der Waals surface area contributed by atoms with Crippen molar-refractivity contribution in [2.75, 3.05) is 6.26 Å². The van der Waals surface area contributed by atoms with Crippen molar-refractivity contribution in [3.05, 3.63) is 53.1 Å². The number of thioether (sulfide) groups is 1. The van der Waals surface area contributed by atoms with E-state index in [4.69, 9.17) is 0 Å². The van der Waals surface area contributed by atoms with Gasteiger partial charge in [-0.25, -0.2) is 4.79 Å². The van der Waals surface area contributed by atoms with E-state index in [9.17, 15) is 19.8 Å². The molecule has 6 nitrogen and oxygen atoms in total. The van der Waals surface area contributed by atoms with Crippen LogP contribution in [0.4, 0.5) is 0 Å². The number of rotatable bonds is 7. The number of hydrogen-bond donors (Lipinski definition) is 2. The first-order valence-corrected chi connectivity index (χ1v) is 12.0. The maximum absolute atomic E-state index is 13.6. The molecule has 8 heteroatoms. The topological polar surface area (TPSA) is 100 Å². The maximum atomic E-state index is 13.6. The highest BCUT2D eigenvalue weighted by Gasteiger charge is 2.28. The van der Waals surface area contributed by atoms with Crippen molar-refractivity contribution in [1.82, 2.24) is 8.75 Å². The highest BCUT2D eigenvalue weighted by atomic mass is 32.2. The van der Waals surface area contributed by atoms with Gasteiger partial charge in [0.2, 0.25) is 0 Å². The number of carboxylic acids is 1. The fourth-order valence-corrected chi connectivity index (χ4v) is 5.17. The zero-order chi connectivity index (χ0) is 22.0. The van der Waals surface area contributed by atoms with Crippen LogP contribution in [0, 0.1) is 5.92 Å². The van der Waals surface area contributed by atoms with Gasteiger partial charge < -0.3 is 10.2 Å². The molecular formula is C23H22N2O4S2. The van der Waals surface area contributed by atoms with Crippen LogP contribution < -0.4 is 0 Å². The molecule has 2 N–H and O–H groups in total. The second-order valence-corrected chi connectivity index (χ2v) is 9.07. The summed E-state index contributed by atoms with van der Waals surface area (Å²) >= 11 is 2.45. The normalized spacial score (nSPS) is 15.3. The lowest BCUT2D eigenvalue weighted by molar-refractivity contribution is -0.130. The molecule has 1 fully saturated rings. The average Bonchev–Trinajstić information content (AvgIpc) is 3.44. The number of carbonyl (C=O) groups excluding carboxylic acids is 1. The molecule has 4 rings (SSSR count). The number of allylic oxidation sites excluding steroid dienone is 1. The van der Waals surface area contributed by atoms with Gasteiger partial charge in [0.1, 0.15) is 16.8 Å². The third-order valence-corrected chi connectivity index (χ3v) is 7.08. The molecule has 0 aliphatic heterocycles. The van der Waals surface area contributed by atoms with E-state index in [0.29, 0.717) is 33.5 Å².